The van der Waals surface area contributed by atoms with E-state index in [1.807, 2.05) is 43.3 Å². The van der Waals surface area contributed by atoms with Gasteiger partial charge in [-0.3, -0.25) is 14.3 Å². The maximum Gasteiger partial charge on any atom is 0.318 e. The molecule has 2 heterocycles. The number of anilines is 2. The third-order valence-electron chi connectivity index (χ3n) is 4.26. The molecule has 0 saturated heterocycles. The topological polar surface area (TPSA) is 80.0 Å². The van der Waals surface area contributed by atoms with Gasteiger partial charge >= 0.3 is 5.97 Å². The van der Waals surface area contributed by atoms with E-state index in [2.05, 4.69) is 10.2 Å². The van der Waals surface area contributed by atoms with E-state index in [0.29, 0.717) is 11.4 Å². The molecule has 26 heavy (non-hydrogen) atoms. The Hall–Kier alpha value is -3.16. The number of aromatic nitrogens is 2. The van der Waals surface area contributed by atoms with Crippen LogP contribution in [0.4, 0.5) is 11.4 Å². The molecule has 0 radical (unpaired) electrons. The van der Waals surface area contributed by atoms with Gasteiger partial charge in [0.1, 0.15) is 11.6 Å². The number of nitrogens with zero attached hydrogens (tertiary/aromatic N) is 5. The van der Waals surface area contributed by atoms with Crippen LogP contribution in [0.5, 0.6) is 0 Å². The van der Waals surface area contributed by atoms with Crippen molar-refractivity contribution in [1.29, 1.82) is 0 Å². The molecule has 8 heteroatoms. The van der Waals surface area contributed by atoms with Gasteiger partial charge in [-0.05, 0) is 17.7 Å². The molecule has 0 bridgehead atoms. The van der Waals surface area contributed by atoms with E-state index in [4.69, 9.17) is 4.74 Å². The van der Waals surface area contributed by atoms with Gasteiger partial charge in [-0.25, -0.2) is 0 Å². The molecule has 0 fully saturated rings. The fourth-order valence-corrected chi connectivity index (χ4v) is 2.80. The van der Waals surface area contributed by atoms with Crippen LogP contribution in [0.2, 0.25) is 0 Å². The molecule has 1 atom stereocenters. The highest BCUT2D eigenvalue weighted by atomic mass is 16.5. The maximum atomic E-state index is 12.7. The number of methoxy groups -OCH3 is 1. The van der Waals surface area contributed by atoms with Crippen LogP contribution in [-0.2, 0) is 21.4 Å². The van der Waals surface area contributed by atoms with Crippen molar-refractivity contribution in [2.45, 2.75) is 6.42 Å². The molecular weight excluding hydrogens is 334 g/mol. The smallest absolute Gasteiger partial charge is 0.318 e. The van der Waals surface area contributed by atoms with Crippen molar-refractivity contribution in [3.05, 3.63) is 42.2 Å². The lowest BCUT2D eigenvalue weighted by Gasteiger charge is -2.27. The highest BCUT2D eigenvalue weighted by molar-refractivity contribution is 6.15. The van der Waals surface area contributed by atoms with Crippen LogP contribution in [0.15, 0.2) is 41.8 Å². The first-order chi connectivity index (χ1) is 12.4. The minimum absolute atomic E-state index is 0.198. The molecule has 1 unspecified atom stereocenters. The number of carbonyl (C=O) groups is 2. The quantitative estimate of drug-likeness (QED) is 0.612. The van der Waals surface area contributed by atoms with Crippen LogP contribution < -0.4 is 9.91 Å². The molecule has 1 amide bonds. The number of hydrogen-bond acceptors (Lipinski definition) is 6. The molecule has 0 aliphatic carbocycles. The lowest BCUT2D eigenvalue weighted by molar-refractivity contribution is -0.149. The number of rotatable bonds is 4. The Kier molecular flexibility index (Phi) is 4.75. The van der Waals surface area contributed by atoms with Crippen LogP contribution in [0.1, 0.15) is 12.0 Å². The SMILES string of the molecule is COC(=O)C1CC(c2ccc(N(C)C)cc2)=NN(c2cnn(C)c2)C1=O. The summed E-state index contributed by atoms with van der Waals surface area (Å²) in [5.74, 6) is -1.92. The van der Waals surface area contributed by atoms with Gasteiger partial charge < -0.3 is 9.64 Å². The van der Waals surface area contributed by atoms with E-state index < -0.39 is 17.8 Å². The van der Waals surface area contributed by atoms with Crippen LogP contribution >= 0.6 is 0 Å². The Morgan fingerprint density at radius 1 is 1.27 bits per heavy atom. The summed E-state index contributed by atoms with van der Waals surface area (Å²) in [7, 11) is 6.95. The highest BCUT2D eigenvalue weighted by Gasteiger charge is 2.38. The lowest BCUT2D eigenvalue weighted by Crippen LogP contribution is -2.42. The molecule has 0 spiro atoms. The van der Waals surface area contributed by atoms with Crippen molar-refractivity contribution in [1.82, 2.24) is 9.78 Å². The summed E-state index contributed by atoms with van der Waals surface area (Å²) < 4.78 is 6.39. The molecule has 136 valence electrons. The normalized spacial score (nSPS) is 17.1. The van der Waals surface area contributed by atoms with Gasteiger partial charge in [-0.15, -0.1) is 0 Å². The molecule has 2 aromatic rings. The Balaban J connectivity index is 2.01. The first-order valence-corrected chi connectivity index (χ1v) is 8.16. The van der Waals surface area contributed by atoms with Gasteiger partial charge in [-0.1, -0.05) is 12.1 Å². The Bertz CT molecular complexity index is 854. The van der Waals surface area contributed by atoms with Crippen molar-refractivity contribution in [2.24, 2.45) is 18.1 Å². The van der Waals surface area contributed by atoms with E-state index in [0.717, 1.165) is 11.3 Å². The minimum Gasteiger partial charge on any atom is -0.468 e. The standard InChI is InChI=1S/C18H21N5O3/c1-21(2)13-7-5-12(6-8-13)16-9-15(18(25)26-4)17(24)23(20-16)14-10-19-22(3)11-14/h5-8,10-11,15H,9H2,1-4H3. The highest BCUT2D eigenvalue weighted by Crippen LogP contribution is 2.27. The van der Waals surface area contributed by atoms with E-state index in [-0.39, 0.29) is 6.42 Å². The first-order valence-electron chi connectivity index (χ1n) is 8.16. The average Bonchev–Trinajstić information content (AvgIpc) is 3.07. The molecule has 3 rings (SSSR count). The Labute approximate surface area is 151 Å². The van der Waals surface area contributed by atoms with Gasteiger partial charge in [0.2, 0.25) is 0 Å². The van der Waals surface area contributed by atoms with Crippen molar-refractivity contribution in [3.63, 3.8) is 0 Å². The summed E-state index contributed by atoms with van der Waals surface area (Å²) in [6, 6.07) is 7.80. The third kappa shape index (κ3) is 3.30. The van der Waals surface area contributed by atoms with Gasteiger partial charge in [0.25, 0.3) is 5.91 Å². The molecule has 1 aliphatic heterocycles. The van der Waals surface area contributed by atoms with Crippen molar-refractivity contribution >= 4 is 29.0 Å². The number of ether oxygens (including phenoxy) is 1. The van der Waals surface area contributed by atoms with Crippen LogP contribution in [-0.4, -0.2) is 48.6 Å². The molecule has 8 nitrogen and oxygen atoms in total. The first kappa shape index (κ1) is 17.7. The fraction of sp³-hybridized carbons (Fsp3) is 0.333. The summed E-state index contributed by atoms with van der Waals surface area (Å²) in [6.07, 6.45) is 3.41. The summed E-state index contributed by atoms with van der Waals surface area (Å²) in [5, 5.41) is 9.79. The third-order valence-corrected chi connectivity index (χ3v) is 4.26. The van der Waals surface area contributed by atoms with Crippen LogP contribution in [0, 0.1) is 5.92 Å². The number of carbonyl (C=O) groups excluding carboxylic acids is 2. The zero-order valence-electron chi connectivity index (χ0n) is 15.2. The predicted octanol–water partition coefficient (Wildman–Crippen LogP) is 1.42. The maximum absolute atomic E-state index is 12.7. The van der Waals surface area contributed by atoms with Gasteiger partial charge in [0, 0.05) is 33.3 Å². The summed E-state index contributed by atoms with van der Waals surface area (Å²) in [6.45, 7) is 0. The Morgan fingerprint density at radius 3 is 2.50 bits per heavy atom. The number of benzene rings is 1. The molecule has 1 aliphatic rings. The number of hydrazone groups is 1. The Morgan fingerprint density at radius 2 is 1.96 bits per heavy atom. The minimum atomic E-state index is -0.929. The van der Waals surface area contributed by atoms with E-state index in [1.165, 1.54) is 18.3 Å². The van der Waals surface area contributed by atoms with Gasteiger partial charge in [0.05, 0.1) is 25.2 Å². The summed E-state index contributed by atoms with van der Waals surface area (Å²) in [5.41, 5.74) is 3.06. The van der Waals surface area contributed by atoms with Crippen LogP contribution in [0.3, 0.4) is 0 Å². The molecule has 1 aromatic heterocycles. The van der Waals surface area contributed by atoms with E-state index in [9.17, 15) is 9.59 Å². The largest absolute Gasteiger partial charge is 0.468 e. The fourth-order valence-electron chi connectivity index (χ4n) is 2.80. The molecule has 0 saturated carbocycles. The van der Waals surface area contributed by atoms with E-state index >= 15 is 0 Å². The summed E-state index contributed by atoms with van der Waals surface area (Å²) in [4.78, 5) is 26.9. The predicted molar refractivity (Wildman–Crippen MR) is 98.1 cm³/mol. The van der Waals surface area contributed by atoms with Crippen LogP contribution in [0.25, 0.3) is 0 Å². The molecular formula is C18H21N5O3. The van der Waals surface area contributed by atoms with Gasteiger partial charge in [0.15, 0.2) is 0 Å². The second-order valence-electron chi connectivity index (χ2n) is 6.29. The zero-order chi connectivity index (χ0) is 18.8. The zero-order valence-corrected chi connectivity index (χ0v) is 15.2. The monoisotopic (exact) mass is 355 g/mol. The molecule has 1 aromatic carbocycles. The number of aryl methyl sites for hydroxylation is 1. The van der Waals surface area contributed by atoms with Crippen molar-refractivity contribution in [2.75, 3.05) is 31.1 Å². The second-order valence-corrected chi connectivity index (χ2v) is 6.29. The van der Waals surface area contributed by atoms with Crippen molar-refractivity contribution in [3.8, 4) is 0 Å². The average molecular weight is 355 g/mol. The number of hydrogen-bond donors (Lipinski definition) is 0. The lowest BCUT2D eigenvalue weighted by atomic mass is 9.94. The van der Waals surface area contributed by atoms with E-state index in [1.54, 1.807) is 17.9 Å². The van der Waals surface area contributed by atoms with Crippen molar-refractivity contribution < 1.29 is 14.3 Å². The van der Waals surface area contributed by atoms with Gasteiger partial charge in [-0.2, -0.15) is 15.2 Å². The molecule has 0 N–H and O–H groups in total. The summed E-state index contributed by atoms with van der Waals surface area (Å²) >= 11 is 0. The second kappa shape index (κ2) is 6.99. The number of amides is 1. The number of esters is 1.